The van der Waals surface area contributed by atoms with E-state index in [9.17, 15) is 9.59 Å². The third-order valence-corrected chi connectivity index (χ3v) is 6.11. The van der Waals surface area contributed by atoms with Crippen LogP contribution in [0.25, 0.3) is 11.0 Å². The molecule has 4 rings (SSSR count). The number of nitrogens with zero attached hydrogens (tertiary/aromatic N) is 3. The quantitative estimate of drug-likeness (QED) is 0.323. The highest BCUT2D eigenvalue weighted by molar-refractivity contribution is 5.93. The number of amides is 1. The highest BCUT2D eigenvalue weighted by Crippen LogP contribution is 2.28. The number of hydrogen-bond donors (Lipinski definition) is 2. The Balaban J connectivity index is 1.37. The molecule has 1 saturated heterocycles. The zero-order valence-corrected chi connectivity index (χ0v) is 20.0. The molecule has 0 spiro atoms. The van der Waals surface area contributed by atoms with E-state index < -0.39 is 11.5 Å². The van der Waals surface area contributed by atoms with Gasteiger partial charge in [0.05, 0.1) is 11.9 Å². The lowest BCUT2D eigenvalue weighted by atomic mass is 9.93. The van der Waals surface area contributed by atoms with E-state index in [1.54, 1.807) is 17.6 Å². The molecule has 3 aromatic rings. The maximum atomic E-state index is 12.1. The first-order chi connectivity index (χ1) is 16.2. The van der Waals surface area contributed by atoms with E-state index in [2.05, 4.69) is 21.6 Å². The van der Waals surface area contributed by atoms with Gasteiger partial charge in [0.2, 0.25) is 0 Å². The van der Waals surface area contributed by atoms with Crippen LogP contribution in [0.5, 0.6) is 0 Å². The third kappa shape index (κ3) is 5.75. The van der Waals surface area contributed by atoms with Gasteiger partial charge in [-0.3, -0.25) is 14.8 Å². The Morgan fingerprint density at radius 1 is 1.15 bits per heavy atom. The summed E-state index contributed by atoms with van der Waals surface area (Å²) in [7, 11) is 0. The smallest absolute Gasteiger partial charge is 0.306 e. The van der Waals surface area contributed by atoms with Crippen LogP contribution in [-0.2, 0) is 16.1 Å². The molecule has 3 heterocycles. The lowest BCUT2D eigenvalue weighted by molar-refractivity contribution is -0.156. The summed E-state index contributed by atoms with van der Waals surface area (Å²) in [4.78, 5) is 30.7. The van der Waals surface area contributed by atoms with Gasteiger partial charge in [-0.15, -0.1) is 0 Å². The number of fused-ring (bicyclic) bond motifs is 1. The number of anilines is 1. The summed E-state index contributed by atoms with van der Waals surface area (Å²) in [6.07, 6.45) is 6.34. The minimum absolute atomic E-state index is 0.110. The minimum atomic E-state index is -0.527. The van der Waals surface area contributed by atoms with Crippen molar-refractivity contribution < 1.29 is 19.5 Å². The zero-order valence-electron chi connectivity index (χ0n) is 20.0. The van der Waals surface area contributed by atoms with Gasteiger partial charge in [0, 0.05) is 43.2 Å². The van der Waals surface area contributed by atoms with E-state index in [4.69, 9.17) is 14.9 Å². The van der Waals surface area contributed by atoms with Gasteiger partial charge in [-0.05, 0) is 69.4 Å². The number of esters is 1. The van der Waals surface area contributed by atoms with E-state index in [0.29, 0.717) is 24.4 Å². The van der Waals surface area contributed by atoms with Gasteiger partial charge in [0.15, 0.2) is 0 Å². The van der Waals surface area contributed by atoms with Crippen LogP contribution in [0.3, 0.4) is 0 Å². The van der Waals surface area contributed by atoms with Crippen LogP contribution in [0.1, 0.15) is 56.0 Å². The first-order valence-electron chi connectivity index (χ1n) is 11.7. The fourth-order valence-electron chi connectivity index (χ4n) is 4.40. The molecule has 180 valence electrons. The van der Waals surface area contributed by atoms with E-state index >= 15 is 0 Å². The van der Waals surface area contributed by atoms with Gasteiger partial charge in [-0.25, -0.2) is 10.5 Å². The van der Waals surface area contributed by atoms with Crippen LogP contribution in [0.2, 0.25) is 0 Å². The van der Waals surface area contributed by atoms with Crippen LogP contribution in [0.4, 0.5) is 5.69 Å². The molecule has 1 fully saturated rings. The monoisotopic (exact) mass is 464 g/mol. The van der Waals surface area contributed by atoms with Crippen molar-refractivity contribution >= 4 is 28.6 Å². The molecule has 2 aromatic heterocycles. The third-order valence-electron chi connectivity index (χ3n) is 6.11. The number of pyridine rings is 1. The number of aromatic nitrogens is 2. The summed E-state index contributed by atoms with van der Waals surface area (Å²) >= 11 is 0. The molecule has 0 radical (unpaired) electrons. The molecule has 34 heavy (non-hydrogen) atoms. The second kappa shape index (κ2) is 9.85. The number of rotatable bonds is 6. The van der Waals surface area contributed by atoms with Gasteiger partial charge < -0.3 is 14.2 Å². The number of hydroxylamine groups is 1. The first kappa shape index (κ1) is 23.8. The van der Waals surface area contributed by atoms with Crippen molar-refractivity contribution in [3.63, 3.8) is 0 Å². The molecule has 1 amide bonds. The van der Waals surface area contributed by atoms with E-state index in [0.717, 1.165) is 48.2 Å². The van der Waals surface area contributed by atoms with E-state index in [-0.39, 0.29) is 5.97 Å². The number of nitrogens with one attached hydrogen (secondary N) is 1. The van der Waals surface area contributed by atoms with E-state index in [1.807, 2.05) is 45.3 Å². The summed E-state index contributed by atoms with van der Waals surface area (Å²) in [6.45, 7) is 8.13. The molecular formula is C26H32N4O4. The molecule has 0 aliphatic carbocycles. The van der Waals surface area contributed by atoms with E-state index in [1.165, 1.54) is 0 Å². The molecule has 2 N–H and O–H groups in total. The van der Waals surface area contributed by atoms with Gasteiger partial charge in [-0.1, -0.05) is 12.1 Å². The Hall–Kier alpha value is -3.39. The van der Waals surface area contributed by atoms with Crippen molar-refractivity contribution in [2.75, 3.05) is 18.0 Å². The SMILES string of the molecule is CC(C)(C)OC(=O)CC1CCN(c2cnc3c(ccn3Cc3ccc(C(=O)NO)cc3)c2)CC1. The van der Waals surface area contributed by atoms with Crippen LogP contribution in [0, 0.1) is 5.92 Å². The van der Waals surface area contributed by atoms with Gasteiger partial charge in [0.25, 0.3) is 5.91 Å². The number of benzene rings is 1. The minimum Gasteiger partial charge on any atom is -0.460 e. The largest absolute Gasteiger partial charge is 0.460 e. The normalized spacial score (nSPS) is 14.9. The lowest BCUT2D eigenvalue weighted by Gasteiger charge is -2.33. The molecule has 0 bridgehead atoms. The summed E-state index contributed by atoms with van der Waals surface area (Å²) in [5, 5.41) is 9.82. The number of hydrogen-bond acceptors (Lipinski definition) is 6. The average molecular weight is 465 g/mol. The van der Waals surface area contributed by atoms with Crippen LogP contribution < -0.4 is 10.4 Å². The predicted molar refractivity (Wildman–Crippen MR) is 130 cm³/mol. The Labute approximate surface area is 199 Å². The topological polar surface area (TPSA) is 96.7 Å². The van der Waals surface area contributed by atoms with Crippen molar-refractivity contribution in [3.05, 3.63) is 59.9 Å². The van der Waals surface area contributed by atoms with Gasteiger partial charge in [0.1, 0.15) is 11.2 Å². The molecule has 0 unspecified atom stereocenters. The number of carbonyl (C=O) groups is 2. The van der Waals surface area contributed by atoms with Crippen molar-refractivity contribution in [1.29, 1.82) is 0 Å². The Kier molecular flexibility index (Phi) is 6.88. The van der Waals surface area contributed by atoms with Crippen LogP contribution in [0.15, 0.2) is 48.8 Å². The summed E-state index contributed by atoms with van der Waals surface area (Å²) in [5.74, 6) is -0.276. The number of piperidine rings is 1. The Bertz CT molecular complexity index is 1160. The lowest BCUT2D eigenvalue weighted by Crippen LogP contribution is -2.35. The molecular weight excluding hydrogens is 432 g/mol. The maximum Gasteiger partial charge on any atom is 0.306 e. The molecule has 1 aromatic carbocycles. The molecule has 8 nitrogen and oxygen atoms in total. The molecule has 1 aliphatic rings. The summed E-state index contributed by atoms with van der Waals surface area (Å²) < 4.78 is 7.55. The number of ether oxygens (including phenoxy) is 1. The second-order valence-corrected chi connectivity index (χ2v) is 9.91. The molecule has 0 atom stereocenters. The molecule has 8 heteroatoms. The highest BCUT2D eigenvalue weighted by atomic mass is 16.6. The zero-order chi connectivity index (χ0) is 24.3. The highest BCUT2D eigenvalue weighted by Gasteiger charge is 2.25. The second-order valence-electron chi connectivity index (χ2n) is 9.91. The summed E-state index contributed by atoms with van der Waals surface area (Å²) in [6, 6.07) is 11.3. The van der Waals surface area contributed by atoms with Crippen LogP contribution >= 0.6 is 0 Å². The predicted octanol–water partition coefficient (Wildman–Crippen LogP) is 4.15. The fraction of sp³-hybridized carbons (Fsp3) is 0.423. The molecule has 1 aliphatic heterocycles. The van der Waals surface area contributed by atoms with Crippen molar-refractivity contribution in [1.82, 2.24) is 15.0 Å². The van der Waals surface area contributed by atoms with Gasteiger partial charge >= 0.3 is 5.97 Å². The van der Waals surface area contributed by atoms with Gasteiger partial charge in [-0.2, -0.15) is 0 Å². The van der Waals surface area contributed by atoms with Crippen LogP contribution in [-0.4, -0.2) is 45.3 Å². The molecule has 0 saturated carbocycles. The standard InChI is InChI=1S/C26H32N4O4/c1-26(2,3)34-23(31)14-18-8-11-29(12-9-18)22-15-21-10-13-30(24(21)27-16-22)17-19-4-6-20(7-5-19)25(32)28-33/h4-7,10,13,15-16,18,33H,8-9,11-12,14,17H2,1-3H3,(H,28,32). The Morgan fingerprint density at radius 2 is 1.85 bits per heavy atom. The van der Waals surface area contributed by atoms with Crippen molar-refractivity contribution in [3.8, 4) is 0 Å². The summed E-state index contributed by atoms with van der Waals surface area (Å²) in [5.41, 5.74) is 4.64. The first-order valence-corrected chi connectivity index (χ1v) is 11.7. The van der Waals surface area contributed by atoms with Crippen molar-refractivity contribution in [2.45, 2.75) is 52.2 Å². The number of carbonyl (C=O) groups excluding carboxylic acids is 2. The average Bonchev–Trinajstić information content (AvgIpc) is 3.20. The maximum absolute atomic E-state index is 12.1. The Morgan fingerprint density at radius 3 is 2.50 bits per heavy atom. The van der Waals surface area contributed by atoms with Crippen molar-refractivity contribution in [2.24, 2.45) is 5.92 Å². The fourth-order valence-corrected chi connectivity index (χ4v) is 4.40.